The van der Waals surface area contributed by atoms with E-state index in [-0.39, 0.29) is 12.5 Å². The number of hydrogen-bond donors (Lipinski definition) is 4. The Morgan fingerprint density at radius 1 is 0.762 bits per heavy atom. The Kier molecular flexibility index (Phi) is 13.9. The van der Waals surface area contributed by atoms with E-state index in [2.05, 4.69) is 0 Å². The Morgan fingerprint density at radius 3 is 1.67 bits per heavy atom. The zero-order chi connectivity index (χ0) is 15.9. The van der Waals surface area contributed by atoms with Crippen LogP contribution in [0.2, 0.25) is 0 Å². The maximum atomic E-state index is 10.5. The number of rotatable bonds is 15. The molecule has 2 unspecified atom stereocenters. The van der Waals surface area contributed by atoms with E-state index in [1.165, 1.54) is 0 Å². The molecule has 5 heteroatoms. The van der Waals surface area contributed by atoms with Gasteiger partial charge in [0.15, 0.2) is 0 Å². The Morgan fingerprint density at radius 2 is 1.19 bits per heavy atom. The summed E-state index contributed by atoms with van der Waals surface area (Å²) in [7, 11) is 0. The lowest BCUT2D eigenvalue weighted by molar-refractivity contribution is -0.118. The van der Waals surface area contributed by atoms with Gasteiger partial charge in [0.05, 0.1) is 12.2 Å². The molecule has 0 aromatic heterocycles. The van der Waals surface area contributed by atoms with Gasteiger partial charge in [0.2, 0.25) is 5.91 Å². The van der Waals surface area contributed by atoms with Gasteiger partial charge in [-0.1, -0.05) is 44.9 Å². The molecule has 5 N–H and O–H groups in total. The fourth-order valence-electron chi connectivity index (χ4n) is 2.39. The second-order valence-electron chi connectivity index (χ2n) is 5.83. The van der Waals surface area contributed by atoms with Crippen molar-refractivity contribution in [1.82, 2.24) is 0 Å². The summed E-state index contributed by atoms with van der Waals surface area (Å²) in [5.74, 6) is -0.243. The first-order valence-electron chi connectivity index (χ1n) is 8.33. The molecule has 0 saturated heterocycles. The van der Waals surface area contributed by atoms with Gasteiger partial charge in [-0.2, -0.15) is 0 Å². The third-order valence-corrected chi connectivity index (χ3v) is 3.78. The van der Waals surface area contributed by atoms with Crippen LogP contribution in [0, 0.1) is 0 Å². The highest BCUT2D eigenvalue weighted by Crippen LogP contribution is 2.14. The van der Waals surface area contributed by atoms with E-state index in [0.717, 1.165) is 57.8 Å². The Hall–Kier alpha value is -0.650. The first-order chi connectivity index (χ1) is 10.1. The van der Waals surface area contributed by atoms with Gasteiger partial charge in [-0.05, 0) is 25.7 Å². The number of aliphatic hydroxyl groups excluding tert-OH is 3. The second kappa shape index (κ2) is 14.3. The molecule has 1 amide bonds. The molecular formula is C16H33NO4. The van der Waals surface area contributed by atoms with Gasteiger partial charge in [0.1, 0.15) is 0 Å². The molecule has 0 aliphatic heterocycles. The summed E-state index contributed by atoms with van der Waals surface area (Å²) in [4.78, 5) is 10.5. The molecule has 0 radical (unpaired) electrons. The van der Waals surface area contributed by atoms with E-state index in [0.29, 0.717) is 19.3 Å². The molecule has 0 bridgehead atoms. The molecular weight excluding hydrogens is 270 g/mol. The Labute approximate surface area is 128 Å². The lowest BCUT2D eigenvalue weighted by atomic mass is 10.00. The number of carbonyl (C=O) groups excluding carboxylic acids is 1. The highest BCUT2D eigenvalue weighted by molar-refractivity contribution is 5.73. The molecule has 0 heterocycles. The van der Waals surface area contributed by atoms with Gasteiger partial charge in [-0.25, -0.2) is 0 Å². The van der Waals surface area contributed by atoms with Gasteiger partial charge in [-0.15, -0.1) is 0 Å². The first-order valence-corrected chi connectivity index (χ1v) is 8.33. The molecule has 0 aliphatic rings. The number of carbonyl (C=O) groups is 1. The van der Waals surface area contributed by atoms with E-state index in [9.17, 15) is 15.0 Å². The summed E-state index contributed by atoms with van der Waals surface area (Å²) in [5.41, 5.74) is 5.06. The highest BCUT2D eigenvalue weighted by atomic mass is 16.3. The van der Waals surface area contributed by atoms with E-state index in [4.69, 9.17) is 10.8 Å². The zero-order valence-corrected chi connectivity index (χ0v) is 13.2. The van der Waals surface area contributed by atoms with Crippen LogP contribution in [0.1, 0.15) is 77.0 Å². The first kappa shape index (κ1) is 20.3. The Bertz CT molecular complexity index is 248. The van der Waals surface area contributed by atoms with Crippen molar-refractivity contribution in [2.75, 3.05) is 6.61 Å². The van der Waals surface area contributed by atoms with Crippen LogP contribution < -0.4 is 5.73 Å². The third kappa shape index (κ3) is 14.1. The van der Waals surface area contributed by atoms with Crippen LogP contribution in [0.15, 0.2) is 0 Å². The summed E-state index contributed by atoms with van der Waals surface area (Å²) in [6.45, 7) is 0.227. The smallest absolute Gasteiger partial charge is 0.217 e. The SMILES string of the molecule is NC(=O)CCCCCCCC(O)C(O)CCCCCCO. The van der Waals surface area contributed by atoms with Crippen molar-refractivity contribution in [2.24, 2.45) is 5.73 Å². The molecule has 0 spiro atoms. The van der Waals surface area contributed by atoms with Crippen LogP contribution >= 0.6 is 0 Å². The van der Waals surface area contributed by atoms with Crippen LogP contribution in [-0.2, 0) is 4.79 Å². The maximum Gasteiger partial charge on any atom is 0.217 e. The number of aliphatic hydroxyl groups is 3. The van der Waals surface area contributed by atoms with Gasteiger partial charge in [0, 0.05) is 13.0 Å². The fraction of sp³-hybridized carbons (Fsp3) is 0.938. The lowest BCUT2D eigenvalue weighted by Crippen LogP contribution is -2.25. The van der Waals surface area contributed by atoms with Crippen molar-refractivity contribution in [3.63, 3.8) is 0 Å². The number of amides is 1. The molecule has 5 nitrogen and oxygen atoms in total. The van der Waals surface area contributed by atoms with Crippen molar-refractivity contribution in [1.29, 1.82) is 0 Å². The molecule has 0 fully saturated rings. The Balaban J connectivity index is 3.38. The van der Waals surface area contributed by atoms with Crippen LogP contribution in [-0.4, -0.2) is 40.0 Å². The number of nitrogens with two attached hydrogens (primary N) is 1. The van der Waals surface area contributed by atoms with Crippen LogP contribution in [0.3, 0.4) is 0 Å². The zero-order valence-electron chi connectivity index (χ0n) is 13.2. The fourth-order valence-corrected chi connectivity index (χ4v) is 2.39. The summed E-state index contributed by atoms with van der Waals surface area (Å²) in [6, 6.07) is 0. The van der Waals surface area contributed by atoms with Crippen molar-refractivity contribution in [3.8, 4) is 0 Å². The number of primary amides is 1. The minimum atomic E-state index is -0.631. The summed E-state index contributed by atoms with van der Waals surface area (Å²) in [6.07, 6.45) is 8.92. The van der Waals surface area contributed by atoms with Crippen molar-refractivity contribution >= 4 is 5.91 Å². The number of hydrogen-bond acceptors (Lipinski definition) is 4. The monoisotopic (exact) mass is 303 g/mol. The summed E-state index contributed by atoms with van der Waals surface area (Å²) >= 11 is 0. The van der Waals surface area contributed by atoms with Crippen LogP contribution in [0.4, 0.5) is 0 Å². The van der Waals surface area contributed by atoms with E-state index in [1.54, 1.807) is 0 Å². The molecule has 0 saturated carbocycles. The normalized spacial score (nSPS) is 14.0. The predicted octanol–water partition coefficient (Wildman–Crippen LogP) is 1.87. The third-order valence-electron chi connectivity index (χ3n) is 3.78. The minimum Gasteiger partial charge on any atom is -0.396 e. The van der Waals surface area contributed by atoms with E-state index in [1.807, 2.05) is 0 Å². The molecule has 126 valence electrons. The quantitative estimate of drug-likeness (QED) is 0.347. The van der Waals surface area contributed by atoms with Crippen molar-refractivity contribution in [3.05, 3.63) is 0 Å². The molecule has 0 aromatic carbocycles. The molecule has 2 atom stereocenters. The summed E-state index contributed by atoms with van der Waals surface area (Å²) < 4.78 is 0. The molecule has 0 rings (SSSR count). The molecule has 21 heavy (non-hydrogen) atoms. The minimum absolute atomic E-state index is 0.227. The van der Waals surface area contributed by atoms with E-state index < -0.39 is 12.2 Å². The van der Waals surface area contributed by atoms with Crippen molar-refractivity contribution < 1.29 is 20.1 Å². The van der Waals surface area contributed by atoms with Gasteiger partial charge in [0.25, 0.3) is 0 Å². The second-order valence-corrected chi connectivity index (χ2v) is 5.83. The lowest BCUT2D eigenvalue weighted by Gasteiger charge is -2.17. The topological polar surface area (TPSA) is 104 Å². The average molecular weight is 303 g/mol. The van der Waals surface area contributed by atoms with E-state index >= 15 is 0 Å². The van der Waals surface area contributed by atoms with Gasteiger partial charge >= 0.3 is 0 Å². The molecule has 0 aromatic rings. The maximum absolute atomic E-state index is 10.5. The van der Waals surface area contributed by atoms with Gasteiger partial charge < -0.3 is 21.1 Å². The van der Waals surface area contributed by atoms with Crippen LogP contribution in [0.5, 0.6) is 0 Å². The van der Waals surface area contributed by atoms with Gasteiger partial charge in [-0.3, -0.25) is 4.79 Å². The largest absolute Gasteiger partial charge is 0.396 e. The number of unbranched alkanes of at least 4 members (excludes halogenated alkanes) is 7. The predicted molar refractivity (Wildman–Crippen MR) is 83.7 cm³/mol. The summed E-state index contributed by atoms with van der Waals surface area (Å²) in [5, 5.41) is 28.3. The average Bonchev–Trinajstić information content (AvgIpc) is 2.45. The standard InChI is InChI=1S/C16H33NO4/c17-16(21)12-8-3-1-2-6-10-14(19)15(20)11-7-4-5-9-13-18/h14-15,18-20H,1-13H2,(H2,17,21). The highest BCUT2D eigenvalue weighted by Gasteiger charge is 2.15. The molecule has 0 aliphatic carbocycles. The van der Waals surface area contributed by atoms with Crippen molar-refractivity contribution in [2.45, 2.75) is 89.3 Å². The van der Waals surface area contributed by atoms with Crippen LogP contribution in [0.25, 0.3) is 0 Å².